The molecular weight excluding hydrogens is 432 g/mol. The number of aliphatic carboxylic acids is 2. The van der Waals surface area contributed by atoms with E-state index >= 15 is 0 Å². The second kappa shape index (κ2) is 9.50. The lowest BCUT2D eigenvalue weighted by Gasteiger charge is -2.25. The van der Waals surface area contributed by atoms with Crippen LogP contribution in [0, 0.1) is 0 Å². The molecule has 1 aromatic rings. The third kappa shape index (κ3) is 9.81. The van der Waals surface area contributed by atoms with E-state index in [0.717, 1.165) is 23.4 Å². The van der Waals surface area contributed by atoms with Crippen LogP contribution >= 0.6 is 15.9 Å². The van der Waals surface area contributed by atoms with Gasteiger partial charge in [0.2, 0.25) is 0 Å². The summed E-state index contributed by atoms with van der Waals surface area (Å²) >= 11 is 3.29. The van der Waals surface area contributed by atoms with E-state index in [2.05, 4.69) is 31.2 Å². The molecule has 0 aromatic carbocycles. The van der Waals surface area contributed by atoms with Crippen molar-refractivity contribution in [3.05, 3.63) is 22.7 Å². The summed E-state index contributed by atoms with van der Waals surface area (Å²) in [7, 11) is 0. The molecule has 0 unspecified atom stereocenters. The van der Waals surface area contributed by atoms with Crippen LogP contribution in [0.15, 0.2) is 16.9 Å². The maximum absolute atomic E-state index is 10.6. The predicted octanol–water partition coefficient (Wildman–Crippen LogP) is 2.19. The summed E-state index contributed by atoms with van der Waals surface area (Å²) in [5.74, 6) is -4.03. The van der Waals surface area contributed by atoms with Gasteiger partial charge in [-0.25, -0.2) is 19.6 Å². The van der Waals surface area contributed by atoms with Gasteiger partial charge in [0, 0.05) is 31.4 Å². The van der Waals surface area contributed by atoms with E-state index in [0.29, 0.717) is 5.92 Å². The molecule has 1 saturated heterocycles. The van der Waals surface area contributed by atoms with Crippen molar-refractivity contribution in [1.29, 1.82) is 0 Å². The van der Waals surface area contributed by atoms with Gasteiger partial charge in [0.25, 0.3) is 0 Å². The van der Waals surface area contributed by atoms with Crippen LogP contribution in [0.2, 0.25) is 0 Å². The lowest BCUT2D eigenvalue weighted by molar-refractivity contribution is -0.193. The van der Waals surface area contributed by atoms with Crippen LogP contribution in [0.4, 0.5) is 26.3 Å². The number of rotatable bonds is 1. The predicted molar refractivity (Wildman–Crippen MR) is 72.7 cm³/mol. The molecule has 1 aliphatic rings. The second-order valence-corrected chi connectivity index (χ2v) is 5.14. The Bertz CT molecular complexity index is 551. The lowest BCUT2D eigenvalue weighted by Crippen LogP contribution is -2.40. The molecule has 1 fully saturated rings. The molecule has 142 valence electrons. The third-order valence-corrected chi connectivity index (χ3v) is 2.68. The summed E-state index contributed by atoms with van der Waals surface area (Å²) in [6.45, 7) is 2.03. The van der Waals surface area contributed by atoms with Crippen molar-refractivity contribution in [1.82, 2.24) is 15.3 Å². The van der Waals surface area contributed by atoms with Crippen molar-refractivity contribution in [3.8, 4) is 0 Å². The van der Waals surface area contributed by atoms with Crippen molar-refractivity contribution < 1.29 is 46.1 Å². The maximum atomic E-state index is 10.6. The van der Waals surface area contributed by atoms with E-state index < -0.39 is 24.3 Å². The Morgan fingerprint density at radius 2 is 1.32 bits per heavy atom. The molecule has 14 heteroatoms. The number of carboxylic acids is 2. The molecule has 7 nitrogen and oxygen atoms in total. The summed E-state index contributed by atoms with van der Waals surface area (Å²) in [6, 6.07) is 0. The Balaban J connectivity index is 0.000000366. The first kappa shape index (κ1) is 23.0. The van der Waals surface area contributed by atoms with Crippen LogP contribution in [-0.4, -0.2) is 57.6 Å². The first-order chi connectivity index (χ1) is 11.2. The molecule has 1 aromatic heterocycles. The zero-order chi connectivity index (χ0) is 19.8. The molecule has 0 atom stereocenters. The topological polar surface area (TPSA) is 112 Å². The number of hydrogen-bond donors (Lipinski definition) is 3. The van der Waals surface area contributed by atoms with E-state index in [4.69, 9.17) is 19.8 Å². The van der Waals surface area contributed by atoms with Gasteiger partial charge in [-0.05, 0) is 15.9 Å². The van der Waals surface area contributed by atoms with Crippen LogP contribution in [0.5, 0.6) is 0 Å². The van der Waals surface area contributed by atoms with Crippen LogP contribution in [0.1, 0.15) is 11.7 Å². The molecule has 2 heterocycles. The first-order valence-corrected chi connectivity index (χ1v) is 6.82. The highest BCUT2D eigenvalue weighted by Gasteiger charge is 2.38. The molecular formula is C11H10BrF6N3O4. The minimum atomic E-state index is -5.08. The first-order valence-electron chi connectivity index (χ1n) is 6.03. The fraction of sp³-hybridized carbons (Fsp3) is 0.455. The average Bonchev–Trinajstić information content (AvgIpc) is 2.38. The van der Waals surface area contributed by atoms with Crippen LogP contribution < -0.4 is 5.32 Å². The zero-order valence-electron chi connectivity index (χ0n) is 11.9. The molecule has 0 spiro atoms. The highest BCUT2D eigenvalue weighted by molar-refractivity contribution is 9.10. The summed E-state index contributed by atoms with van der Waals surface area (Å²) < 4.78 is 64.4. The smallest absolute Gasteiger partial charge is 0.475 e. The minimum Gasteiger partial charge on any atom is -0.475 e. The molecule has 0 radical (unpaired) electrons. The Kier molecular flexibility index (Phi) is 8.76. The van der Waals surface area contributed by atoms with Gasteiger partial charge in [-0.2, -0.15) is 26.3 Å². The summed E-state index contributed by atoms with van der Waals surface area (Å²) in [4.78, 5) is 26.2. The molecule has 1 aliphatic heterocycles. The minimum absolute atomic E-state index is 0.531. The number of alkyl halides is 6. The molecule has 0 bridgehead atoms. The molecule has 0 aliphatic carbocycles. The van der Waals surface area contributed by atoms with Crippen LogP contribution in [-0.2, 0) is 9.59 Å². The summed E-state index contributed by atoms with van der Waals surface area (Å²) in [5.41, 5.74) is 0. The van der Waals surface area contributed by atoms with Crippen molar-refractivity contribution in [2.75, 3.05) is 13.1 Å². The number of hydrogen-bond acceptors (Lipinski definition) is 5. The zero-order valence-corrected chi connectivity index (χ0v) is 13.5. The van der Waals surface area contributed by atoms with E-state index in [-0.39, 0.29) is 0 Å². The highest BCUT2D eigenvalue weighted by atomic mass is 79.9. The number of nitrogens with zero attached hydrogens (tertiary/aromatic N) is 2. The van der Waals surface area contributed by atoms with Gasteiger partial charge in [-0.15, -0.1) is 0 Å². The van der Waals surface area contributed by atoms with Gasteiger partial charge in [0.1, 0.15) is 5.82 Å². The summed E-state index contributed by atoms with van der Waals surface area (Å²) in [6.07, 6.45) is -6.58. The normalized spacial score (nSPS) is 14.2. The van der Waals surface area contributed by atoms with Crippen molar-refractivity contribution in [3.63, 3.8) is 0 Å². The second-order valence-electron chi connectivity index (χ2n) is 4.22. The third-order valence-electron chi connectivity index (χ3n) is 2.27. The molecule has 3 N–H and O–H groups in total. The fourth-order valence-corrected chi connectivity index (χ4v) is 1.21. The maximum Gasteiger partial charge on any atom is 0.490 e. The van der Waals surface area contributed by atoms with E-state index in [1.165, 1.54) is 0 Å². The molecule has 2 rings (SSSR count). The molecule has 25 heavy (non-hydrogen) atoms. The fourth-order valence-electron chi connectivity index (χ4n) is 1.00. The quantitative estimate of drug-likeness (QED) is 0.572. The van der Waals surface area contributed by atoms with Crippen molar-refractivity contribution in [2.24, 2.45) is 0 Å². The average molecular weight is 442 g/mol. The van der Waals surface area contributed by atoms with E-state index in [1.54, 1.807) is 12.4 Å². The number of nitrogens with one attached hydrogen (secondary N) is 1. The molecule has 0 saturated carbocycles. The highest BCUT2D eigenvalue weighted by Crippen LogP contribution is 2.16. The Hall–Kier alpha value is -1.96. The number of halogens is 7. The Morgan fingerprint density at radius 1 is 1.00 bits per heavy atom. The van der Waals surface area contributed by atoms with E-state index in [1.807, 2.05) is 0 Å². The van der Waals surface area contributed by atoms with Gasteiger partial charge >= 0.3 is 24.3 Å². The number of carbonyl (C=O) groups is 2. The van der Waals surface area contributed by atoms with Gasteiger partial charge < -0.3 is 15.5 Å². The lowest BCUT2D eigenvalue weighted by atomic mass is 10.0. The molecule has 0 amide bonds. The Morgan fingerprint density at radius 3 is 1.52 bits per heavy atom. The van der Waals surface area contributed by atoms with Gasteiger partial charge in [-0.3, -0.25) is 0 Å². The van der Waals surface area contributed by atoms with Crippen molar-refractivity contribution >= 4 is 27.9 Å². The standard InChI is InChI=1S/C7H8BrN3.2C2HF3O2/c8-6-3-10-7(11-4-6)5-1-9-2-5;2*3-2(4,5)1(6)7/h3-5,9H,1-2H2;2*(H,6,7). The number of carboxylic acid groups (broad SMARTS) is 2. The largest absolute Gasteiger partial charge is 0.490 e. The monoisotopic (exact) mass is 441 g/mol. The SMILES string of the molecule is Brc1cnc(C2CNC2)nc1.O=C(O)C(F)(F)F.O=C(O)C(F)(F)F. The summed E-state index contributed by atoms with van der Waals surface area (Å²) in [5, 5.41) is 17.4. The number of aromatic nitrogens is 2. The van der Waals surface area contributed by atoms with Gasteiger partial charge in [0.05, 0.1) is 4.47 Å². The Labute approximate surface area is 144 Å². The van der Waals surface area contributed by atoms with Gasteiger partial charge in [-0.1, -0.05) is 0 Å². The van der Waals surface area contributed by atoms with Crippen LogP contribution in [0.3, 0.4) is 0 Å². The van der Waals surface area contributed by atoms with E-state index in [9.17, 15) is 26.3 Å². The van der Waals surface area contributed by atoms with Gasteiger partial charge in [0.15, 0.2) is 0 Å². The van der Waals surface area contributed by atoms with Crippen molar-refractivity contribution in [2.45, 2.75) is 18.3 Å². The van der Waals surface area contributed by atoms with Crippen LogP contribution in [0.25, 0.3) is 0 Å².